The quantitative estimate of drug-likeness (QED) is 0.105. The number of benzene rings is 4. The van der Waals surface area contributed by atoms with Crippen LogP contribution < -0.4 is 0 Å². The summed E-state index contributed by atoms with van der Waals surface area (Å²) < 4.78 is 0. The number of rotatable bonds is 8. The molecule has 0 unspecified atom stereocenters. The van der Waals surface area contributed by atoms with Crippen LogP contribution in [0.25, 0.3) is 43.8 Å². The van der Waals surface area contributed by atoms with Crippen molar-refractivity contribution < 1.29 is 20.8 Å². The third kappa shape index (κ3) is 10.9. The predicted octanol–water partition coefficient (Wildman–Crippen LogP) is 19.0. The second-order valence-corrected chi connectivity index (χ2v) is 26.2. The van der Waals surface area contributed by atoms with Gasteiger partial charge in [-0.05, 0) is 159 Å². The molecule has 0 N–H and O–H groups in total. The molecular formula is C60H72Cl2SiZr. The summed E-state index contributed by atoms with van der Waals surface area (Å²) in [5.41, 5.74) is 13.1. The number of fused-ring (bicyclic) bond motifs is 6. The average Bonchev–Trinajstić information content (AvgIpc) is 4.22. The number of hydrogen-bond donors (Lipinski definition) is 0. The summed E-state index contributed by atoms with van der Waals surface area (Å²) in [5.74, 6) is 3.66. The molecule has 0 aromatic heterocycles. The topological polar surface area (TPSA) is 0 Å². The fraction of sp³-hybridized carbons (Fsp3) is 0.500. The van der Waals surface area contributed by atoms with E-state index < -0.39 is 20.8 Å². The van der Waals surface area contributed by atoms with Gasteiger partial charge >= 0.3 is 37.9 Å². The van der Waals surface area contributed by atoms with Gasteiger partial charge in [0, 0.05) is 9.52 Å². The minimum Gasteiger partial charge on any atom is -0.164 e. The van der Waals surface area contributed by atoms with Gasteiger partial charge in [0.2, 0.25) is 0 Å². The molecule has 0 heterocycles. The third-order valence-corrected chi connectivity index (χ3v) is 17.2. The van der Waals surface area contributed by atoms with E-state index in [-0.39, 0.29) is 0 Å². The maximum absolute atomic E-state index is 4.93. The maximum Gasteiger partial charge on any atom is -0.0162 e. The van der Waals surface area contributed by atoms with Gasteiger partial charge in [0.1, 0.15) is 0 Å². The van der Waals surface area contributed by atoms with Crippen LogP contribution in [0.1, 0.15) is 163 Å². The largest absolute Gasteiger partial charge is 0.164 e. The molecule has 0 atom stereocenters. The summed E-state index contributed by atoms with van der Waals surface area (Å²) in [5, 5.41) is 5.77. The second-order valence-electron chi connectivity index (χ2n) is 21.5. The summed E-state index contributed by atoms with van der Waals surface area (Å²) >= 11 is -0.826. The van der Waals surface area contributed by atoms with E-state index in [9.17, 15) is 0 Å². The summed E-state index contributed by atoms with van der Waals surface area (Å²) in [4.78, 5) is 0. The van der Waals surface area contributed by atoms with Gasteiger partial charge in [0.15, 0.2) is 0 Å². The Bertz CT molecular complexity index is 2200. The second kappa shape index (κ2) is 21.8. The van der Waals surface area contributed by atoms with Gasteiger partial charge < -0.3 is 0 Å². The Morgan fingerprint density at radius 2 is 0.875 bits per heavy atom. The van der Waals surface area contributed by atoms with Gasteiger partial charge in [0.05, 0.1) is 0 Å². The first-order chi connectivity index (χ1) is 31.4. The summed E-state index contributed by atoms with van der Waals surface area (Å²) in [7, 11) is 11.0. The third-order valence-electron chi connectivity index (χ3n) is 17.2. The number of halogens is 2. The fourth-order valence-corrected chi connectivity index (χ4v) is 14.0. The van der Waals surface area contributed by atoms with Crippen LogP contribution in [0.3, 0.4) is 0 Å². The van der Waals surface area contributed by atoms with Crippen molar-refractivity contribution in [2.24, 2.45) is 22.7 Å². The van der Waals surface area contributed by atoms with Crippen LogP contribution in [0.2, 0.25) is 13.1 Å². The van der Waals surface area contributed by atoms with Crippen LogP contribution in [-0.4, -0.2) is 9.52 Å². The van der Waals surface area contributed by atoms with Crippen molar-refractivity contribution in [1.82, 2.24) is 0 Å². The van der Waals surface area contributed by atoms with Crippen molar-refractivity contribution in [2.45, 2.75) is 166 Å². The van der Waals surface area contributed by atoms with Crippen molar-refractivity contribution in [3.8, 4) is 22.3 Å². The normalized spacial score (nSPS) is 25.0. The Labute approximate surface area is 408 Å². The summed E-state index contributed by atoms with van der Waals surface area (Å²) in [6.45, 7) is 4.31. The molecular weight excluding hydrogens is 911 g/mol. The molecule has 6 aliphatic carbocycles. The van der Waals surface area contributed by atoms with Crippen molar-refractivity contribution >= 4 is 48.1 Å². The molecule has 4 heteroatoms. The molecule has 6 aromatic carbocycles. The first-order valence-corrected chi connectivity index (χ1v) is 33.8. The molecule has 4 bridgehead atoms. The van der Waals surface area contributed by atoms with E-state index in [4.69, 9.17) is 17.0 Å². The van der Waals surface area contributed by atoms with Crippen molar-refractivity contribution in [2.75, 3.05) is 0 Å². The minimum absolute atomic E-state index is 0.636. The van der Waals surface area contributed by atoms with Crippen LogP contribution in [0.15, 0.2) is 109 Å². The fourth-order valence-electron chi connectivity index (χ4n) is 14.0. The zero-order valence-corrected chi connectivity index (χ0v) is 44.0. The Morgan fingerprint density at radius 1 is 0.516 bits per heavy atom. The summed E-state index contributed by atoms with van der Waals surface area (Å²) in [6.07, 6.45) is 31.4. The van der Waals surface area contributed by atoms with Gasteiger partial charge in [-0.15, -0.1) is 69.1 Å². The van der Waals surface area contributed by atoms with E-state index in [2.05, 4.69) is 122 Å². The summed E-state index contributed by atoms with van der Waals surface area (Å²) in [6, 6.07) is 42.9. The maximum atomic E-state index is 4.93. The Hall–Kier alpha value is -2.22. The molecule has 2 radical (unpaired) electrons. The Balaban J connectivity index is 0.000000145. The molecule has 0 spiro atoms. The zero-order chi connectivity index (χ0) is 43.9. The van der Waals surface area contributed by atoms with E-state index in [1.807, 2.05) is 0 Å². The molecule has 6 saturated carbocycles. The molecule has 6 aromatic rings. The predicted molar refractivity (Wildman–Crippen MR) is 276 cm³/mol. The Morgan fingerprint density at radius 3 is 1.20 bits per heavy atom. The van der Waals surface area contributed by atoms with Gasteiger partial charge in [0.25, 0.3) is 0 Å². The van der Waals surface area contributed by atoms with E-state index >= 15 is 0 Å². The van der Waals surface area contributed by atoms with E-state index in [0.29, 0.717) is 10.8 Å². The Kier molecular flexibility index (Phi) is 16.0. The van der Waals surface area contributed by atoms with Crippen molar-refractivity contribution in [3.05, 3.63) is 131 Å². The average molecular weight is 983 g/mol. The van der Waals surface area contributed by atoms with Crippen LogP contribution in [0.5, 0.6) is 0 Å². The van der Waals surface area contributed by atoms with Gasteiger partial charge in [-0.3, -0.25) is 0 Å². The zero-order valence-electron chi connectivity index (χ0n) is 39.0. The van der Waals surface area contributed by atoms with Gasteiger partial charge in [-0.1, -0.05) is 123 Å². The first kappa shape index (κ1) is 46.9. The van der Waals surface area contributed by atoms with Gasteiger partial charge in [-0.25, -0.2) is 0 Å². The molecule has 0 saturated heterocycles. The molecule has 6 fully saturated rings. The first-order valence-electron chi connectivity index (χ1n) is 25.5. The van der Waals surface area contributed by atoms with Crippen LogP contribution in [-0.2, 0) is 33.7 Å². The van der Waals surface area contributed by atoms with Crippen molar-refractivity contribution in [1.29, 1.82) is 0 Å². The van der Waals surface area contributed by atoms with E-state index in [0.717, 1.165) is 33.2 Å². The van der Waals surface area contributed by atoms with Gasteiger partial charge in [-0.2, -0.15) is 12.1 Å². The minimum atomic E-state index is -0.826. The molecule has 0 nitrogen and oxygen atoms in total. The van der Waals surface area contributed by atoms with E-state index in [1.54, 1.807) is 22.3 Å². The molecule has 64 heavy (non-hydrogen) atoms. The van der Waals surface area contributed by atoms with Crippen LogP contribution in [0, 0.1) is 22.7 Å². The standard InChI is InChI=1S/2C29H33.C2H6Si.2ClH.Zr/c2*1-2-5-23(6-3-1)24-9-11-25(12-10-24)27-8-4-7-26-17-22(18-28(26)27)20-29-15-13-21(19-29)14-16-29;1-3-2;;;/h2*4,7-12,17-18,21,23H,1-3,5-6,13-16,19-20H2;1-2H3;2*1H;/q2*-1;;;;+4/p-2. The molecule has 0 amide bonds. The molecule has 334 valence electrons. The molecule has 6 aliphatic rings. The van der Waals surface area contributed by atoms with Crippen molar-refractivity contribution in [3.63, 3.8) is 0 Å². The SMILES string of the molecule is C[Si]C.[Cl][Zr+2][Cl].c1cc(-c2ccc(C3CCCCC3)cc2)c2cc(CC34CCC(CC3)C4)[cH-]c2c1.c1cc(-c2ccc(C3CCCCC3)cc2)c2cc(CC34CCC(CC3)C4)[cH-]c2c1. The van der Waals surface area contributed by atoms with Crippen LogP contribution >= 0.6 is 17.0 Å². The monoisotopic (exact) mass is 980 g/mol. The number of hydrogen-bond acceptors (Lipinski definition) is 0. The van der Waals surface area contributed by atoms with Crippen LogP contribution in [0.4, 0.5) is 0 Å². The molecule has 0 aliphatic heterocycles. The molecule has 12 rings (SSSR count). The van der Waals surface area contributed by atoms with E-state index in [1.165, 1.54) is 185 Å². The smallest absolute Gasteiger partial charge is 0.0162 e.